The van der Waals surface area contributed by atoms with Gasteiger partial charge in [0.25, 0.3) is 0 Å². The van der Waals surface area contributed by atoms with E-state index in [9.17, 15) is 4.79 Å². The van der Waals surface area contributed by atoms with E-state index in [1.54, 1.807) is 11.8 Å². The van der Waals surface area contributed by atoms with E-state index in [0.717, 1.165) is 5.70 Å². The normalized spacial score (nSPS) is 16.8. The number of rotatable bonds is 2. The summed E-state index contributed by atoms with van der Waals surface area (Å²) >= 11 is 0. The SMILES string of the molecule is CNC1=Cc2cccc3cccc(c23)C1N(C)C(C)=O. The minimum atomic E-state index is -0.0453. The number of carbonyl (C=O) groups excluding carboxylic acids is 1. The van der Waals surface area contributed by atoms with E-state index in [1.165, 1.54) is 21.9 Å². The van der Waals surface area contributed by atoms with E-state index < -0.39 is 0 Å². The molecule has 1 aliphatic rings. The number of carbonyl (C=O) groups is 1. The molecular weight excluding hydrogens is 248 g/mol. The Morgan fingerprint density at radius 3 is 2.55 bits per heavy atom. The molecule has 1 unspecified atom stereocenters. The Hall–Kier alpha value is -2.29. The average Bonchev–Trinajstić information content (AvgIpc) is 2.46. The monoisotopic (exact) mass is 266 g/mol. The van der Waals surface area contributed by atoms with Crippen LogP contribution in [0.3, 0.4) is 0 Å². The van der Waals surface area contributed by atoms with Gasteiger partial charge in [0.15, 0.2) is 0 Å². The Labute approximate surface area is 118 Å². The summed E-state index contributed by atoms with van der Waals surface area (Å²) in [6.07, 6.45) is 2.14. The summed E-state index contributed by atoms with van der Waals surface area (Å²) in [4.78, 5) is 13.6. The van der Waals surface area contributed by atoms with Gasteiger partial charge in [-0.25, -0.2) is 0 Å². The van der Waals surface area contributed by atoms with Crippen LogP contribution in [0.2, 0.25) is 0 Å². The van der Waals surface area contributed by atoms with Crippen LogP contribution >= 0.6 is 0 Å². The van der Waals surface area contributed by atoms with E-state index in [4.69, 9.17) is 0 Å². The second-order valence-electron chi connectivity index (χ2n) is 5.17. The smallest absolute Gasteiger partial charge is 0.220 e. The average molecular weight is 266 g/mol. The van der Waals surface area contributed by atoms with Gasteiger partial charge >= 0.3 is 0 Å². The molecule has 1 amide bonds. The summed E-state index contributed by atoms with van der Waals surface area (Å²) in [5.74, 6) is 0.0625. The van der Waals surface area contributed by atoms with Gasteiger partial charge in [-0.1, -0.05) is 36.4 Å². The molecule has 1 N–H and O–H groups in total. The lowest BCUT2D eigenvalue weighted by Gasteiger charge is -2.33. The lowest BCUT2D eigenvalue weighted by molar-refractivity contribution is -0.129. The number of nitrogens with zero attached hydrogens (tertiary/aromatic N) is 1. The first-order valence-electron chi connectivity index (χ1n) is 6.78. The summed E-state index contributed by atoms with van der Waals surface area (Å²) in [5.41, 5.74) is 3.44. The van der Waals surface area contributed by atoms with Crippen LogP contribution in [-0.4, -0.2) is 24.9 Å². The highest BCUT2D eigenvalue weighted by atomic mass is 16.2. The highest BCUT2D eigenvalue weighted by molar-refractivity contribution is 5.96. The predicted octanol–water partition coefficient (Wildman–Crippen LogP) is 2.93. The molecule has 1 atom stereocenters. The molecule has 0 spiro atoms. The van der Waals surface area contributed by atoms with Crippen molar-refractivity contribution in [3.8, 4) is 0 Å². The second kappa shape index (κ2) is 4.67. The fourth-order valence-electron chi connectivity index (χ4n) is 2.97. The maximum atomic E-state index is 11.8. The molecule has 0 heterocycles. The number of nitrogens with one attached hydrogen (secondary N) is 1. The quantitative estimate of drug-likeness (QED) is 0.906. The second-order valence-corrected chi connectivity index (χ2v) is 5.17. The van der Waals surface area contributed by atoms with Gasteiger partial charge in [-0.3, -0.25) is 4.79 Å². The minimum absolute atomic E-state index is 0.0453. The predicted molar refractivity (Wildman–Crippen MR) is 82.2 cm³/mol. The standard InChI is InChI=1S/C17H18N2O/c1-11(20)19(3)17-14-9-5-7-12-6-4-8-13(16(12)14)10-15(17)18-2/h4-10,17-18H,1-3H3. The third kappa shape index (κ3) is 1.78. The highest BCUT2D eigenvalue weighted by Gasteiger charge is 2.28. The van der Waals surface area contributed by atoms with Crippen molar-refractivity contribution >= 4 is 22.8 Å². The first-order valence-corrected chi connectivity index (χ1v) is 6.78. The third-order valence-electron chi connectivity index (χ3n) is 4.04. The van der Waals surface area contributed by atoms with E-state index in [2.05, 4.69) is 47.8 Å². The van der Waals surface area contributed by atoms with E-state index >= 15 is 0 Å². The topological polar surface area (TPSA) is 32.3 Å². The Morgan fingerprint density at radius 2 is 1.90 bits per heavy atom. The van der Waals surface area contributed by atoms with Gasteiger partial charge in [-0.15, -0.1) is 0 Å². The molecule has 0 saturated heterocycles. The first-order chi connectivity index (χ1) is 9.63. The van der Waals surface area contributed by atoms with E-state index in [-0.39, 0.29) is 11.9 Å². The molecule has 1 aliphatic carbocycles. The zero-order valence-corrected chi connectivity index (χ0v) is 12.0. The van der Waals surface area contributed by atoms with Crippen molar-refractivity contribution in [1.82, 2.24) is 10.2 Å². The molecule has 2 aromatic carbocycles. The van der Waals surface area contributed by atoms with Gasteiger partial charge in [0.1, 0.15) is 0 Å². The van der Waals surface area contributed by atoms with Crippen LogP contribution in [0.15, 0.2) is 42.1 Å². The van der Waals surface area contributed by atoms with Gasteiger partial charge in [-0.05, 0) is 28.0 Å². The molecule has 3 heteroatoms. The van der Waals surface area contributed by atoms with Crippen molar-refractivity contribution in [2.24, 2.45) is 0 Å². The van der Waals surface area contributed by atoms with Crippen LogP contribution in [0.25, 0.3) is 16.8 Å². The highest BCUT2D eigenvalue weighted by Crippen LogP contribution is 2.39. The van der Waals surface area contributed by atoms with E-state index in [1.807, 2.05) is 14.1 Å². The molecule has 0 radical (unpaired) electrons. The van der Waals surface area contributed by atoms with Crippen molar-refractivity contribution in [2.45, 2.75) is 13.0 Å². The van der Waals surface area contributed by atoms with E-state index in [0.29, 0.717) is 0 Å². The van der Waals surface area contributed by atoms with Gasteiger partial charge in [0, 0.05) is 26.7 Å². The fourth-order valence-corrected chi connectivity index (χ4v) is 2.97. The van der Waals surface area contributed by atoms with Gasteiger partial charge in [-0.2, -0.15) is 0 Å². The first kappa shape index (κ1) is 12.7. The maximum Gasteiger partial charge on any atom is 0.220 e. The van der Waals surface area contributed by atoms with Crippen molar-refractivity contribution < 1.29 is 4.79 Å². The molecule has 102 valence electrons. The van der Waals surface area contributed by atoms with Gasteiger partial charge < -0.3 is 10.2 Å². The number of hydrogen-bond donors (Lipinski definition) is 1. The molecule has 2 aromatic rings. The fraction of sp³-hybridized carbons (Fsp3) is 0.235. The van der Waals surface area contributed by atoms with Gasteiger partial charge in [0.05, 0.1) is 6.04 Å². The summed E-state index contributed by atoms with van der Waals surface area (Å²) < 4.78 is 0. The molecule has 3 rings (SSSR count). The molecule has 0 bridgehead atoms. The van der Waals surface area contributed by atoms with Crippen molar-refractivity contribution in [3.05, 3.63) is 53.2 Å². The maximum absolute atomic E-state index is 11.8. The zero-order chi connectivity index (χ0) is 14.3. The lowest BCUT2D eigenvalue weighted by Crippen LogP contribution is -2.34. The molecule has 0 fully saturated rings. The summed E-state index contributed by atoms with van der Waals surface area (Å²) in [6.45, 7) is 1.61. The number of amides is 1. The van der Waals surface area contributed by atoms with Crippen LogP contribution < -0.4 is 5.32 Å². The largest absolute Gasteiger partial charge is 0.389 e. The number of likely N-dealkylation sites (N-methyl/N-ethyl adjacent to an activating group) is 2. The molecule has 0 aliphatic heterocycles. The van der Waals surface area contributed by atoms with Crippen LogP contribution in [0.1, 0.15) is 24.1 Å². The minimum Gasteiger partial charge on any atom is -0.389 e. The molecule has 20 heavy (non-hydrogen) atoms. The Bertz CT molecular complexity index is 713. The molecule has 0 saturated carbocycles. The summed E-state index contributed by atoms with van der Waals surface area (Å²) in [6, 6.07) is 12.5. The Kier molecular flexibility index (Phi) is 2.97. The summed E-state index contributed by atoms with van der Waals surface area (Å²) in [7, 11) is 3.76. The molecule has 3 nitrogen and oxygen atoms in total. The zero-order valence-electron chi connectivity index (χ0n) is 12.0. The van der Waals surface area contributed by atoms with Crippen molar-refractivity contribution in [2.75, 3.05) is 14.1 Å². The van der Waals surface area contributed by atoms with Crippen molar-refractivity contribution in [1.29, 1.82) is 0 Å². The summed E-state index contributed by atoms with van der Waals surface area (Å²) in [5, 5.41) is 5.70. The van der Waals surface area contributed by atoms with Crippen LogP contribution in [-0.2, 0) is 4.79 Å². The Balaban J connectivity index is 2.30. The Morgan fingerprint density at radius 1 is 1.20 bits per heavy atom. The molecule has 0 aromatic heterocycles. The number of benzene rings is 2. The van der Waals surface area contributed by atoms with Crippen LogP contribution in [0.5, 0.6) is 0 Å². The molecular formula is C17H18N2O. The lowest BCUT2D eigenvalue weighted by atomic mass is 9.87. The van der Waals surface area contributed by atoms with Gasteiger partial charge in [0.2, 0.25) is 5.91 Å². The van der Waals surface area contributed by atoms with Crippen LogP contribution in [0, 0.1) is 0 Å². The third-order valence-corrected chi connectivity index (χ3v) is 4.04. The number of hydrogen-bond acceptors (Lipinski definition) is 2. The van der Waals surface area contributed by atoms with Crippen molar-refractivity contribution in [3.63, 3.8) is 0 Å². The van der Waals surface area contributed by atoms with Crippen LogP contribution in [0.4, 0.5) is 0 Å².